The van der Waals surface area contributed by atoms with Crippen molar-refractivity contribution in [3.63, 3.8) is 0 Å². The zero-order chi connectivity index (χ0) is 13.8. The summed E-state index contributed by atoms with van der Waals surface area (Å²) in [6, 6.07) is 9.30. The topological polar surface area (TPSA) is 83.8 Å². The quantitative estimate of drug-likeness (QED) is 0.784. The molecule has 1 amide bonds. The monoisotopic (exact) mass is 258 g/mol. The van der Waals surface area contributed by atoms with Gasteiger partial charge in [0.15, 0.2) is 0 Å². The summed E-state index contributed by atoms with van der Waals surface area (Å²) in [4.78, 5) is 12.0. The molecule has 0 aliphatic heterocycles. The Balaban J connectivity index is 1.99. The smallest absolute Gasteiger partial charge is 0.226 e. The van der Waals surface area contributed by atoms with Crippen molar-refractivity contribution in [2.45, 2.75) is 26.3 Å². The number of nitrogens with zero attached hydrogens (tertiary/aromatic N) is 1. The van der Waals surface area contributed by atoms with Gasteiger partial charge in [0.1, 0.15) is 0 Å². The van der Waals surface area contributed by atoms with Crippen LogP contribution in [0, 0.1) is 13.8 Å². The first-order valence-electron chi connectivity index (χ1n) is 6.20. The lowest BCUT2D eigenvalue weighted by Gasteiger charge is -2.12. The van der Waals surface area contributed by atoms with Gasteiger partial charge >= 0.3 is 0 Å². The maximum atomic E-state index is 12.0. The molecule has 0 saturated carbocycles. The number of carbonyl (C=O) groups is 1. The third-order valence-electron chi connectivity index (χ3n) is 3.03. The van der Waals surface area contributed by atoms with Crippen molar-refractivity contribution >= 4 is 11.6 Å². The van der Waals surface area contributed by atoms with E-state index in [4.69, 9.17) is 5.73 Å². The van der Waals surface area contributed by atoms with Gasteiger partial charge in [-0.05, 0) is 19.4 Å². The first-order chi connectivity index (χ1) is 9.08. The minimum Gasteiger partial charge on any atom is -0.324 e. The van der Waals surface area contributed by atoms with Gasteiger partial charge in [-0.3, -0.25) is 9.89 Å². The van der Waals surface area contributed by atoms with Crippen molar-refractivity contribution < 1.29 is 4.79 Å². The fourth-order valence-electron chi connectivity index (χ4n) is 1.94. The predicted octanol–water partition coefficient (Wildman–Crippen LogP) is 2.06. The van der Waals surface area contributed by atoms with E-state index >= 15 is 0 Å². The molecule has 19 heavy (non-hydrogen) atoms. The molecule has 4 N–H and O–H groups in total. The Kier molecular flexibility index (Phi) is 3.97. The average molecular weight is 258 g/mol. The molecule has 100 valence electrons. The second-order valence-electron chi connectivity index (χ2n) is 4.58. The molecule has 5 nitrogen and oxygen atoms in total. The van der Waals surface area contributed by atoms with Crippen molar-refractivity contribution in [2.24, 2.45) is 5.73 Å². The van der Waals surface area contributed by atoms with Gasteiger partial charge in [-0.2, -0.15) is 5.10 Å². The lowest BCUT2D eigenvalue weighted by Crippen LogP contribution is -2.21. The molecular formula is C14H18N4O. The van der Waals surface area contributed by atoms with E-state index in [1.165, 1.54) is 0 Å². The van der Waals surface area contributed by atoms with E-state index in [0.717, 1.165) is 22.6 Å². The van der Waals surface area contributed by atoms with Gasteiger partial charge in [-0.25, -0.2) is 0 Å². The highest BCUT2D eigenvalue weighted by molar-refractivity contribution is 5.92. The first-order valence-corrected chi connectivity index (χ1v) is 6.20. The highest BCUT2D eigenvalue weighted by Gasteiger charge is 2.14. The summed E-state index contributed by atoms with van der Waals surface area (Å²) in [5.41, 5.74) is 9.34. The summed E-state index contributed by atoms with van der Waals surface area (Å²) in [6.45, 7) is 3.71. The van der Waals surface area contributed by atoms with E-state index < -0.39 is 0 Å². The largest absolute Gasteiger partial charge is 0.324 e. The number of hydrogen-bond acceptors (Lipinski definition) is 3. The molecule has 1 aromatic heterocycles. The van der Waals surface area contributed by atoms with Gasteiger partial charge in [0.25, 0.3) is 0 Å². The lowest BCUT2D eigenvalue weighted by atomic mass is 10.0. The lowest BCUT2D eigenvalue weighted by molar-refractivity contribution is -0.116. The summed E-state index contributed by atoms with van der Waals surface area (Å²) in [5.74, 6) is -0.107. The highest BCUT2D eigenvalue weighted by Crippen LogP contribution is 2.18. The van der Waals surface area contributed by atoms with Crippen molar-refractivity contribution in [3.05, 3.63) is 47.3 Å². The van der Waals surface area contributed by atoms with E-state index in [0.29, 0.717) is 0 Å². The van der Waals surface area contributed by atoms with E-state index in [-0.39, 0.29) is 18.4 Å². The molecule has 0 aliphatic carbocycles. The highest BCUT2D eigenvalue weighted by atomic mass is 16.1. The molecule has 0 fully saturated rings. The predicted molar refractivity (Wildman–Crippen MR) is 74.7 cm³/mol. The fourth-order valence-corrected chi connectivity index (χ4v) is 1.94. The van der Waals surface area contributed by atoms with Crippen molar-refractivity contribution in [1.29, 1.82) is 0 Å². The number of rotatable bonds is 4. The molecular weight excluding hydrogens is 240 g/mol. The molecule has 0 saturated heterocycles. The number of amides is 1. The van der Waals surface area contributed by atoms with E-state index in [1.54, 1.807) is 0 Å². The normalized spacial score (nSPS) is 12.2. The number of carbonyl (C=O) groups excluding carboxylic acids is 1. The van der Waals surface area contributed by atoms with Gasteiger partial charge in [0.05, 0.1) is 17.1 Å². The molecule has 1 heterocycles. The number of aromatic amines is 1. The van der Waals surface area contributed by atoms with Crippen LogP contribution in [0.2, 0.25) is 0 Å². The number of hydrogen-bond donors (Lipinski definition) is 3. The van der Waals surface area contributed by atoms with Crippen LogP contribution in [0.5, 0.6) is 0 Å². The SMILES string of the molecule is Cc1n[nH]c(C)c1NC(=O)CC(N)c1ccccc1. The van der Waals surface area contributed by atoms with Crippen LogP contribution in [0.25, 0.3) is 0 Å². The van der Waals surface area contributed by atoms with E-state index in [2.05, 4.69) is 15.5 Å². The van der Waals surface area contributed by atoms with Crippen LogP contribution < -0.4 is 11.1 Å². The molecule has 1 atom stereocenters. The average Bonchev–Trinajstić information content (AvgIpc) is 2.71. The first kappa shape index (κ1) is 13.3. The van der Waals surface area contributed by atoms with Crippen molar-refractivity contribution in [2.75, 3.05) is 5.32 Å². The van der Waals surface area contributed by atoms with Crippen LogP contribution >= 0.6 is 0 Å². The molecule has 0 radical (unpaired) electrons. The fraction of sp³-hybridized carbons (Fsp3) is 0.286. The van der Waals surface area contributed by atoms with E-state index in [9.17, 15) is 4.79 Å². The number of nitrogens with two attached hydrogens (primary N) is 1. The molecule has 2 aromatic rings. The number of anilines is 1. The summed E-state index contributed by atoms with van der Waals surface area (Å²) in [5, 5.41) is 9.71. The minimum atomic E-state index is -0.297. The maximum absolute atomic E-state index is 12.0. The van der Waals surface area contributed by atoms with Gasteiger partial charge < -0.3 is 11.1 Å². The Morgan fingerprint density at radius 2 is 2.05 bits per heavy atom. The molecule has 1 unspecified atom stereocenters. The third-order valence-corrected chi connectivity index (χ3v) is 3.03. The Morgan fingerprint density at radius 3 is 2.63 bits per heavy atom. The molecule has 0 spiro atoms. The number of benzene rings is 1. The Bertz CT molecular complexity index is 543. The zero-order valence-corrected chi connectivity index (χ0v) is 11.1. The standard InChI is InChI=1S/C14H18N4O/c1-9-14(10(2)18-17-9)16-13(19)8-12(15)11-6-4-3-5-7-11/h3-7,12H,8,15H2,1-2H3,(H,16,19)(H,17,18). The number of aryl methyl sites for hydroxylation is 2. The van der Waals surface area contributed by atoms with Crippen LogP contribution in [-0.4, -0.2) is 16.1 Å². The molecule has 0 bridgehead atoms. The van der Waals surface area contributed by atoms with Crippen LogP contribution in [0.4, 0.5) is 5.69 Å². The Hall–Kier alpha value is -2.14. The van der Waals surface area contributed by atoms with Gasteiger partial charge in [-0.15, -0.1) is 0 Å². The Morgan fingerprint density at radius 1 is 1.37 bits per heavy atom. The number of aromatic nitrogens is 2. The van der Waals surface area contributed by atoms with Crippen LogP contribution in [0.3, 0.4) is 0 Å². The maximum Gasteiger partial charge on any atom is 0.226 e. The molecule has 1 aromatic carbocycles. The van der Waals surface area contributed by atoms with Crippen LogP contribution in [-0.2, 0) is 4.79 Å². The number of H-pyrrole nitrogens is 1. The van der Waals surface area contributed by atoms with Crippen molar-refractivity contribution in [1.82, 2.24) is 10.2 Å². The summed E-state index contributed by atoms with van der Waals surface area (Å²) in [7, 11) is 0. The van der Waals surface area contributed by atoms with Gasteiger partial charge in [0.2, 0.25) is 5.91 Å². The van der Waals surface area contributed by atoms with Crippen LogP contribution in [0.15, 0.2) is 30.3 Å². The molecule has 5 heteroatoms. The summed E-state index contributed by atoms with van der Waals surface area (Å²) in [6.07, 6.45) is 0.244. The second kappa shape index (κ2) is 5.67. The minimum absolute atomic E-state index is 0.107. The summed E-state index contributed by atoms with van der Waals surface area (Å²) < 4.78 is 0. The van der Waals surface area contributed by atoms with Crippen molar-refractivity contribution in [3.8, 4) is 0 Å². The van der Waals surface area contributed by atoms with Crippen LogP contribution in [0.1, 0.15) is 29.4 Å². The zero-order valence-electron chi connectivity index (χ0n) is 11.1. The van der Waals surface area contributed by atoms with Gasteiger partial charge in [-0.1, -0.05) is 30.3 Å². The van der Waals surface area contributed by atoms with E-state index in [1.807, 2.05) is 44.2 Å². The second-order valence-corrected chi connectivity index (χ2v) is 4.58. The third kappa shape index (κ3) is 3.20. The Labute approximate surface area is 112 Å². The molecule has 0 aliphatic rings. The summed E-state index contributed by atoms with van der Waals surface area (Å²) >= 11 is 0. The molecule has 2 rings (SSSR count). The number of nitrogens with one attached hydrogen (secondary N) is 2. The van der Waals surface area contributed by atoms with Gasteiger partial charge in [0, 0.05) is 12.5 Å².